The van der Waals surface area contributed by atoms with Crippen LogP contribution in [0.2, 0.25) is 0 Å². The number of hydrogen-bond acceptors (Lipinski definition) is 4. The molecule has 0 aromatic heterocycles. The second-order valence-electron chi connectivity index (χ2n) is 4.01. The summed E-state index contributed by atoms with van der Waals surface area (Å²) in [5.41, 5.74) is 0. The molecule has 1 aliphatic heterocycles. The van der Waals surface area contributed by atoms with Crippen LogP contribution in [-0.4, -0.2) is 58.0 Å². The molecule has 1 N–H and O–H groups in total. The molecule has 98 valence electrons. The van der Waals surface area contributed by atoms with Crippen molar-refractivity contribution >= 4 is 35.4 Å². The molecule has 0 spiro atoms. The quantitative estimate of drug-likeness (QED) is 0.747. The van der Waals surface area contributed by atoms with E-state index in [1.54, 1.807) is 28.4 Å². The Labute approximate surface area is 111 Å². The van der Waals surface area contributed by atoms with E-state index in [1.807, 2.05) is 6.26 Å². The third kappa shape index (κ3) is 5.21. The van der Waals surface area contributed by atoms with Crippen molar-refractivity contribution in [2.75, 3.05) is 30.1 Å². The standard InChI is InChI=1S/C11H19NO3S2/c1-16-5-2-3-10(13)12-4-6-17-8-9(12)7-11(14)15/h9H,2-8H2,1H3,(H,14,15). The van der Waals surface area contributed by atoms with Gasteiger partial charge in [-0.3, -0.25) is 9.59 Å². The number of thioether (sulfide) groups is 2. The highest BCUT2D eigenvalue weighted by molar-refractivity contribution is 7.99. The maximum absolute atomic E-state index is 12.0. The van der Waals surface area contributed by atoms with Crippen LogP contribution in [0, 0.1) is 0 Å². The molecule has 1 fully saturated rings. The maximum atomic E-state index is 12.0. The molecule has 1 heterocycles. The predicted molar refractivity (Wildman–Crippen MR) is 72.7 cm³/mol. The van der Waals surface area contributed by atoms with Crippen LogP contribution in [0.3, 0.4) is 0 Å². The minimum atomic E-state index is -0.820. The average Bonchev–Trinajstić information content (AvgIpc) is 2.29. The zero-order valence-corrected chi connectivity index (χ0v) is 11.7. The first-order chi connectivity index (χ1) is 8.15. The Hall–Kier alpha value is -0.360. The molecule has 17 heavy (non-hydrogen) atoms. The van der Waals surface area contributed by atoms with Gasteiger partial charge in [-0.05, 0) is 18.4 Å². The van der Waals surface area contributed by atoms with Crippen LogP contribution in [-0.2, 0) is 9.59 Å². The molecule has 1 saturated heterocycles. The fraction of sp³-hybridized carbons (Fsp3) is 0.818. The first kappa shape index (κ1) is 14.7. The van der Waals surface area contributed by atoms with Gasteiger partial charge in [-0.25, -0.2) is 0 Å². The fourth-order valence-corrected chi connectivity index (χ4v) is 3.36. The number of amides is 1. The molecule has 0 aliphatic carbocycles. The first-order valence-corrected chi connectivity index (χ1v) is 8.28. The van der Waals surface area contributed by atoms with Crippen LogP contribution in [0.1, 0.15) is 19.3 Å². The van der Waals surface area contributed by atoms with Crippen molar-refractivity contribution in [3.05, 3.63) is 0 Å². The minimum Gasteiger partial charge on any atom is -0.481 e. The fourth-order valence-electron chi connectivity index (χ4n) is 1.87. The molecular weight excluding hydrogens is 258 g/mol. The van der Waals surface area contributed by atoms with Crippen LogP contribution in [0.4, 0.5) is 0 Å². The highest BCUT2D eigenvalue weighted by atomic mass is 32.2. The molecular formula is C11H19NO3S2. The number of nitrogens with zero attached hydrogens (tertiary/aromatic N) is 1. The molecule has 0 radical (unpaired) electrons. The zero-order valence-electron chi connectivity index (χ0n) is 10.1. The third-order valence-electron chi connectivity index (χ3n) is 2.70. The number of aliphatic carboxylic acids is 1. The Balaban J connectivity index is 2.45. The van der Waals surface area contributed by atoms with Crippen molar-refractivity contribution in [3.63, 3.8) is 0 Å². The van der Waals surface area contributed by atoms with Crippen molar-refractivity contribution in [1.29, 1.82) is 0 Å². The summed E-state index contributed by atoms with van der Waals surface area (Å²) in [6.45, 7) is 0.695. The molecule has 0 aromatic carbocycles. The maximum Gasteiger partial charge on any atom is 0.305 e. The van der Waals surface area contributed by atoms with E-state index in [9.17, 15) is 9.59 Å². The first-order valence-electron chi connectivity index (χ1n) is 5.73. The number of carbonyl (C=O) groups is 2. The highest BCUT2D eigenvalue weighted by Crippen LogP contribution is 2.20. The highest BCUT2D eigenvalue weighted by Gasteiger charge is 2.28. The van der Waals surface area contributed by atoms with Crippen LogP contribution >= 0.6 is 23.5 Å². The van der Waals surface area contributed by atoms with Gasteiger partial charge in [0.2, 0.25) is 5.91 Å². The van der Waals surface area contributed by atoms with E-state index < -0.39 is 5.97 Å². The largest absolute Gasteiger partial charge is 0.481 e. The monoisotopic (exact) mass is 277 g/mol. The lowest BCUT2D eigenvalue weighted by Gasteiger charge is -2.34. The van der Waals surface area contributed by atoms with Gasteiger partial charge in [0.05, 0.1) is 12.5 Å². The van der Waals surface area contributed by atoms with Crippen LogP contribution in [0.25, 0.3) is 0 Å². The van der Waals surface area contributed by atoms with Gasteiger partial charge in [0.15, 0.2) is 0 Å². The van der Waals surface area contributed by atoms with Gasteiger partial charge in [0, 0.05) is 24.5 Å². The predicted octanol–water partition coefficient (Wildman–Crippen LogP) is 1.55. The van der Waals surface area contributed by atoms with E-state index in [0.717, 1.165) is 23.7 Å². The van der Waals surface area contributed by atoms with E-state index in [1.165, 1.54) is 0 Å². The van der Waals surface area contributed by atoms with E-state index in [4.69, 9.17) is 5.11 Å². The Morgan fingerprint density at radius 3 is 2.94 bits per heavy atom. The van der Waals surface area contributed by atoms with Crippen molar-refractivity contribution in [1.82, 2.24) is 4.90 Å². The lowest BCUT2D eigenvalue weighted by molar-refractivity contribution is -0.140. The molecule has 1 unspecified atom stereocenters. The van der Waals surface area contributed by atoms with Crippen LogP contribution in [0.15, 0.2) is 0 Å². The second kappa shape index (κ2) is 7.87. The lowest BCUT2D eigenvalue weighted by Crippen LogP contribution is -2.47. The van der Waals surface area contributed by atoms with Gasteiger partial charge in [0.25, 0.3) is 0 Å². The molecule has 0 aromatic rings. The van der Waals surface area contributed by atoms with Crippen LogP contribution < -0.4 is 0 Å². The molecule has 0 saturated carbocycles. The average molecular weight is 277 g/mol. The number of carboxylic acid groups (broad SMARTS) is 1. The van der Waals surface area contributed by atoms with E-state index in [0.29, 0.717) is 13.0 Å². The van der Waals surface area contributed by atoms with Crippen molar-refractivity contribution in [2.45, 2.75) is 25.3 Å². The topological polar surface area (TPSA) is 57.6 Å². The third-order valence-corrected chi connectivity index (χ3v) is 4.49. The number of hydrogen-bond donors (Lipinski definition) is 1. The Bertz CT molecular complexity index is 273. The van der Waals surface area contributed by atoms with Gasteiger partial charge < -0.3 is 10.0 Å². The van der Waals surface area contributed by atoms with Crippen molar-refractivity contribution < 1.29 is 14.7 Å². The Morgan fingerprint density at radius 1 is 1.53 bits per heavy atom. The SMILES string of the molecule is CSCCCC(=O)N1CCSCC1CC(=O)O. The zero-order chi connectivity index (χ0) is 12.7. The van der Waals surface area contributed by atoms with E-state index >= 15 is 0 Å². The molecule has 1 amide bonds. The Morgan fingerprint density at radius 2 is 2.29 bits per heavy atom. The molecule has 4 nitrogen and oxygen atoms in total. The van der Waals surface area contributed by atoms with Gasteiger partial charge in [-0.15, -0.1) is 0 Å². The number of carboxylic acids is 1. The summed E-state index contributed by atoms with van der Waals surface area (Å²) in [5, 5.41) is 8.83. The number of rotatable bonds is 6. The summed E-state index contributed by atoms with van der Waals surface area (Å²) in [5.74, 6) is 1.95. The van der Waals surface area contributed by atoms with E-state index in [-0.39, 0.29) is 18.4 Å². The molecule has 6 heteroatoms. The van der Waals surface area contributed by atoms with Gasteiger partial charge in [-0.2, -0.15) is 23.5 Å². The summed E-state index contributed by atoms with van der Waals surface area (Å²) < 4.78 is 0. The van der Waals surface area contributed by atoms with Crippen LogP contribution in [0.5, 0.6) is 0 Å². The normalized spacial score (nSPS) is 20.3. The lowest BCUT2D eigenvalue weighted by atomic mass is 10.1. The number of carbonyl (C=O) groups excluding carboxylic acids is 1. The minimum absolute atomic E-state index is 0.0707. The summed E-state index contributed by atoms with van der Waals surface area (Å²) in [6.07, 6.45) is 3.52. The van der Waals surface area contributed by atoms with Gasteiger partial charge in [0.1, 0.15) is 0 Å². The van der Waals surface area contributed by atoms with Crippen molar-refractivity contribution in [3.8, 4) is 0 Å². The molecule has 0 bridgehead atoms. The van der Waals surface area contributed by atoms with Gasteiger partial charge in [-0.1, -0.05) is 0 Å². The smallest absolute Gasteiger partial charge is 0.305 e. The molecule has 1 rings (SSSR count). The Kier molecular flexibility index (Phi) is 6.80. The summed E-state index contributed by atoms with van der Waals surface area (Å²) in [6, 6.07) is -0.118. The summed E-state index contributed by atoms with van der Waals surface area (Å²) >= 11 is 3.47. The summed E-state index contributed by atoms with van der Waals surface area (Å²) in [4.78, 5) is 24.5. The molecule has 1 aliphatic rings. The van der Waals surface area contributed by atoms with Gasteiger partial charge >= 0.3 is 5.97 Å². The van der Waals surface area contributed by atoms with Crippen molar-refractivity contribution in [2.24, 2.45) is 0 Å². The van der Waals surface area contributed by atoms with E-state index in [2.05, 4.69) is 0 Å². The summed E-state index contributed by atoms with van der Waals surface area (Å²) in [7, 11) is 0. The second-order valence-corrected chi connectivity index (χ2v) is 6.15. The molecule has 1 atom stereocenters.